The zero-order valence-electron chi connectivity index (χ0n) is 8.95. The molecule has 0 bridgehead atoms. The molecule has 92 valence electrons. The van der Waals surface area contributed by atoms with E-state index in [1.165, 1.54) is 0 Å². The summed E-state index contributed by atoms with van der Waals surface area (Å²) in [5.41, 5.74) is 0.421. The highest BCUT2D eigenvalue weighted by Gasteiger charge is 2.12. The third kappa shape index (κ3) is 3.02. The molecule has 0 aliphatic rings. The van der Waals surface area contributed by atoms with E-state index < -0.39 is 0 Å². The first-order valence-corrected chi connectivity index (χ1v) is 6.50. The first-order valence-electron chi connectivity index (χ1n) is 4.95. The molecule has 1 N–H and O–H groups in total. The number of nitrogens with zero attached hydrogens (tertiary/aromatic N) is 1. The van der Waals surface area contributed by atoms with E-state index in [-0.39, 0.29) is 5.91 Å². The smallest absolute Gasteiger partial charge is 0.258 e. The lowest BCUT2D eigenvalue weighted by Crippen LogP contribution is -2.13. The third-order valence-electron chi connectivity index (χ3n) is 2.16. The molecule has 2 aromatic rings. The molecular formula is C12H7BrCl2N2O. The van der Waals surface area contributed by atoms with Gasteiger partial charge in [-0.2, -0.15) is 0 Å². The number of nitrogens with one attached hydrogen (secondary N) is 1. The summed E-state index contributed by atoms with van der Waals surface area (Å²) < 4.78 is 0.649. The monoisotopic (exact) mass is 344 g/mol. The minimum atomic E-state index is -0.329. The molecule has 1 aromatic carbocycles. The number of pyridine rings is 1. The average molecular weight is 346 g/mol. The fourth-order valence-electron chi connectivity index (χ4n) is 1.32. The lowest BCUT2D eigenvalue weighted by molar-refractivity contribution is 0.102. The highest BCUT2D eigenvalue weighted by atomic mass is 79.9. The van der Waals surface area contributed by atoms with Gasteiger partial charge in [0.15, 0.2) is 5.82 Å². The number of rotatable bonds is 2. The molecule has 0 fully saturated rings. The molecule has 1 heterocycles. The van der Waals surface area contributed by atoms with Gasteiger partial charge in [0.2, 0.25) is 0 Å². The summed E-state index contributed by atoms with van der Waals surface area (Å²) in [6.07, 6.45) is 1.55. The molecule has 0 saturated carbocycles. The van der Waals surface area contributed by atoms with Crippen molar-refractivity contribution in [3.8, 4) is 0 Å². The highest BCUT2D eigenvalue weighted by Crippen LogP contribution is 2.23. The highest BCUT2D eigenvalue weighted by molar-refractivity contribution is 9.10. The van der Waals surface area contributed by atoms with Crippen molar-refractivity contribution in [2.45, 2.75) is 0 Å². The molecule has 0 saturated heterocycles. The number of amides is 1. The number of hydrogen-bond acceptors (Lipinski definition) is 2. The van der Waals surface area contributed by atoms with Gasteiger partial charge in [0, 0.05) is 15.7 Å². The summed E-state index contributed by atoms with van der Waals surface area (Å²) >= 11 is 15.1. The number of aromatic nitrogens is 1. The summed E-state index contributed by atoms with van der Waals surface area (Å²) in [4.78, 5) is 16.0. The third-order valence-corrected chi connectivity index (χ3v) is 3.40. The Bertz CT molecular complexity index is 604. The predicted molar refractivity (Wildman–Crippen MR) is 76.4 cm³/mol. The van der Waals surface area contributed by atoms with Crippen LogP contribution in [0.3, 0.4) is 0 Å². The molecular weight excluding hydrogens is 339 g/mol. The average Bonchev–Trinajstić information content (AvgIpc) is 2.35. The van der Waals surface area contributed by atoms with Crippen molar-refractivity contribution >= 4 is 50.9 Å². The Morgan fingerprint density at radius 1 is 1.28 bits per heavy atom. The Morgan fingerprint density at radius 3 is 2.78 bits per heavy atom. The summed E-state index contributed by atoms with van der Waals surface area (Å²) in [5, 5.41) is 3.48. The molecule has 0 atom stereocenters. The van der Waals surface area contributed by atoms with Crippen LogP contribution in [-0.2, 0) is 0 Å². The number of halogens is 3. The Hall–Kier alpha value is -1.10. The van der Waals surface area contributed by atoms with E-state index in [4.69, 9.17) is 23.2 Å². The first kappa shape index (κ1) is 13.3. The van der Waals surface area contributed by atoms with Crippen LogP contribution in [0.15, 0.2) is 41.0 Å². The van der Waals surface area contributed by atoms with E-state index in [0.29, 0.717) is 25.9 Å². The van der Waals surface area contributed by atoms with Crippen LogP contribution >= 0.6 is 39.1 Å². The van der Waals surface area contributed by atoms with Gasteiger partial charge in [-0.1, -0.05) is 23.2 Å². The normalized spacial score (nSPS) is 10.2. The molecule has 0 unspecified atom stereocenters. The minimum Gasteiger partial charge on any atom is -0.305 e. The molecule has 18 heavy (non-hydrogen) atoms. The lowest BCUT2D eigenvalue weighted by Gasteiger charge is -2.07. The van der Waals surface area contributed by atoms with Crippen molar-refractivity contribution in [3.63, 3.8) is 0 Å². The Balaban J connectivity index is 2.28. The Kier molecular flexibility index (Phi) is 4.22. The minimum absolute atomic E-state index is 0.316. The SMILES string of the molecule is O=C(Nc1ncccc1Cl)c1cc(Cl)ccc1Br. The van der Waals surface area contributed by atoms with E-state index in [2.05, 4.69) is 26.2 Å². The number of carbonyl (C=O) groups is 1. The summed E-state index contributed by atoms with van der Waals surface area (Å²) in [6.45, 7) is 0. The standard InChI is InChI=1S/C12H7BrCl2N2O/c13-9-4-3-7(14)6-8(9)12(18)17-11-10(15)2-1-5-16-11/h1-6H,(H,16,17,18). The molecule has 1 amide bonds. The predicted octanol–water partition coefficient (Wildman–Crippen LogP) is 4.40. The van der Waals surface area contributed by atoms with Gasteiger partial charge in [0.25, 0.3) is 5.91 Å². The molecule has 0 aliphatic carbocycles. The molecule has 1 aromatic heterocycles. The fourth-order valence-corrected chi connectivity index (χ4v) is 2.09. The van der Waals surface area contributed by atoms with E-state index in [9.17, 15) is 4.79 Å². The van der Waals surface area contributed by atoms with Crippen LogP contribution < -0.4 is 5.32 Å². The zero-order chi connectivity index (χ0) is 13.1. The Morgan fingerprint density at radius 2 is 2.06 bits per heavy atom. The van der Waals surface area contributed by atoms with Gasteiger partial charge in [0.05, 0.1) is 10.6 Å². The van der Waals surface area contributed by atoms with Gasteiger partial charge >= 0.3 is 0 Å². The second-order valence-corrected chi connectivity index (χ2v) is 5.11. The summed E-state index contributed by atoms with van der Waals surface area (Å²) in [5.74, 6) is -0.0129. The van der Waals surface area contributed by atoms with Gasteiger partial charge < -0.3 is 5.32 Å². The molecule has 0 spiro atoms. The number of hydrogen-bond donors (Lipinski definition) is 1. The van der Waals surface area contributed by atoms with Gasteiger partial charge in [-0.25, -0.2) is 4.98 Å². The molecule has 2 rings (SSSR count). The number of benzene rings is 1. The van der Waals surface area contributed by atoms with Crippen LogP contribution in [0.25, 0.3) is 0 Å². The molecule has 0 radical (unpaired) electrons. The van der Waals surface area contributed by atoms with Gasteiger partial charge in [-0.05, 0) is 46.3 Å². The van der Waals surface area contributed by atoms with Crippen LogP contribution in [0.5, 0.6) is 0 Å². The maximum atomic E-state index is 12.0. The first-order chi connectivity index (χ1) is 8.58. The molecule has 0 aliphatic heterocycles. The van der Waals surface area contributed by atoms with Crippen molar-refractivity contribution in [2.24, 2.45) is 0 Å². The largest absolute Gasteiger partial charge is 0.305 e. The van der Waals surface area contributed by atoms with Crippen molar-refractivity contribution < 1.29 is 4.79 Å². The summed E-state index contributed by atoms with van der Waals surface area (Å²) in [6, 6.07) is 8.30. The maximum absolute atomic E-state index is 12.0. The van der Waals surface area contributed by atoms with Crippen LogP contribution in [0.2, 0.25) is 10.0 Å². The van der Waals surface area contributed by atoms with Crippen molar-refractivity contribution in [1.29, 1.82) is 0 Å². The molecule has 3 nitrogen and oxygen atoms in total. The maximum Gasteiger partial charge on any atom is 0.258 e. The number of carbonyl (C=O) groups excluding carboxylic acids is 1. The fraction of sp³-hybridized carbons (Fsp3) is 0. The van der Waals surface area contributed by atoms with Crippen LogP contribution in [-0.4, -0.2) is 10.9 Å². The topological polar surface area (TPSA) is 42.0 Å². The second-order valence-electron chi connectivity index (χ2n) is 3.41. The summed E-state index contributed by atoms with van der Waals surface area (Å²) in [7, 11) is 0. The van der Waals surface area contributed by atoms with Crippen molar-refractivity contribution in [2.75, 3.05) is 5.32 Å². The van der Waals surface area contributed by atoms with E-state index in [1.807, 2.05) is 0 Å². The van der Waals surface area contributed by atoms with E-state index in [1.54, 1.807) is 36.5 Å². The van der Waals surface area contributed by atoms with Crippen LogP contribution in [0.1, 0.15) is 10.4 Å². The quantitative estimate of drug-likeness (QED) is 0.876. The second kappa shape index (κ2) is 5.69. The molecule has 6 heteroatoms. The van der Waals surface area contributed by atoms with Crippen LogP contribution in [0, 0.1) is 0 Å². The van der Waals surface area contributed by atoms with Gasteiger partial charge in [-0.3, -0.25) is 4.79 Å². The van der Waals surface area contributed by atoms with Gasteiger partial charge in [-0.15, -0.1) is 0 Å². The van der Waals surface area contributed by atoms with E-state index in [0.717, 1.165) is 0 Å². The lowest BCUT2D eigenvalue weighted by atomic mass is 10.2. The van der Waals surface area contributed by atoms with Crippen molar-refractivity contribution in [3.05, 3.63) is 56.6 Å². The zero-order valence-corrected chi connectivity index (χ0v) is 12.1. The van der Waals surface area contributed by atoms with Gasteiger partial charge in [0.1, 0.15) is 0 Å². The Labute approximate surface area is 122 Å². The van der Waals surface area contributed by atoms with Crippen LogP contribution in [0.4, 0.5) is 5.82 Å². The number of anilines is 1. The van der Waals surface area contributed by atoms with E-state index >= 15 is 0 Å². The van der Waals surface area contributed by atoms with Crippen molar-refractivity contribution in [1.82, 2.24) is 4.98 Å².